The van der Waals surface area contributed by atoms with E-state index in [9.17, 15) is 14.9 Å². The molecule has 2 N–H and O–H groups in total. The van der Waals surface area contributed by atoms with E-state index in [-0.39, 0.29) is 24.2 Å². The van der Waals surface area contributed by atoms with Crippen molar-refractivity contribution in [3.05, 3.63) is 38.9 Å². The fourth-order valence-corrected chi connectivity index (χ4v) is 2.98. The summed E-state index contributed by atoms with van der Waals surface area (Å²) in [6.45, 7) is 0.271. The Labute approximate surface area is 127 Å². The van der Waals surface area contributed by atoms with Crippen molar-refractivity contribution < 1.29 is 14.8 Å². The van der Waals surface area contributed by atoms with Gasteiger partial charge in [-0.25, -0.2) is 0 Å². The molecule has 0 heterocycles. The molecule has 1 aliphatic rings. The predicted molar refractivity (Wildman–Crippen MR) is 78.3 cm³/mol. The first-order valence-corrected chi connectivity index (χ1v) is 7.24. The van der Waals surface area contributed by atoms with Gasteiger partial charge in [0, 0.05) is 18.7 Å². The van der Waals surface area contributed by atoms with Crippen LogP contribution in [-0.2, 0) is 11.3 Å². The zero-order valence-electron chi connectivity index (χ0n) is 11.4. The Kier molecular flexibility index (Phi) is 5.14. The third kappa shape index (κ3) is 3.92. The first kappa shape index (κ1) is 15.7. The van der Waals surface area contributed by atoms with Crippen molar-refractivity contribution in [2.75, 3.05) is 0 Å². The molecule has 0 spiro atoms. The average Bonchev–Trinajstić information content (AvgIpc) is 2.46. The minimum Gasteiger partial charge on any atom is -0.481 e. The summed E-state index contributed by atoms with van der Waals surface area (Å²) >= 11 is 6.03. The summed E-state index contributed by atoms with van der Waals surface area (Å²) in [4.78, 5) is 21.6. The number of rotatable bonds is 5. The molecule has 1 aromatic rings. The largest absolute Gasteiger partial charge is 0.481 e. The molecule has 0 amide bonds. The molecule has 0 bridgehead atoms. The van der Waals surface area contributed by atoms with Crippen LogP contribution in [0.3, 0.4) is 0 Å². The molecule has 0 radical (unpaired) electrons. The molecule has 0 aromatic heterocycles. The highest BCUT2D eigenvalue weighted by Gasteiger charge is 2.27. The summed E-state index contributed by atoms with van der Waals surface area (Å²) in [7, 11) is 0. The van der Waals surface area contributed by atoms with Crippen molar-refractivity contribution in [1.82, 2.24) is 5.32 Å². The molecule has 0 aliphatic heterocycles. The number of hydrogen-bond donors (Lipinski definition) is 2. The Balaban J connectivity index is 2.03. The van der Waals surface area contributed by atoms with Crippen LogP contribution in [0.15, 0.2) is 18.2 Å². The van der Waals surface area contributed by atoms with Crippen molar-refractivity contribution >= 4 is 23.3 Å². The van der Waals surface area contributed by atoms with Crippen molar-refractivity contribution in [1.29, 1.82) is 0 Å². The number of nitro groups is 1. The minimum atomic E-state index is -0.773. The molecule has 2 unspecified atom stereocenters. The molecule has 7 heteroatoms. The quantitative estimate of drug-likeness (QED) is 0.644. The second kappa shape index (κ2) is 6.87. The van der Waals surface area contributed by atoms with E-state index >= 15 is 0 Å². The van der Waals surface area contributed by atoms with Crippen molar-refractivity contribution in [3.63, 3.8) is 0 Å². The molecule has 6 nitrogen and oxygen atoms in total. The van der Waals surface area contributed by atoms with Gasteiger partial charge < -0.3 is 10.4 Å². The third-order valence-electron chi connectivity index (χ3n) is 3.88. The van der Waals surface area contributed by atoms with Gasteiger partial charge in [0.2, 0.25) is 0 Å². The number of hydrogen-bond acceptors (Lipinski definition) is 4. The summed E-state index contributed by atoms with van der Waals surface area (Å²) < 4.78 is 0. The molecule has 1 aromatic carbocycles. The average molecular weight is 313 g/mol. The number of carboxylic acid groups (broad SMARTS) is 1. The lowest BCUT2D eigenvalue weighted by molar-refractivity contribution is -0.385. The van der Waals surface area contributed by atoms with E-state index in [1.54, 1.807) is 12.1 Å². The van der Waals surface area contributed by atoms with Crippen LogP contribution in [0.2, 0.25) is 5.02 Å². The Morgan fingerprint density at radius 1 is 1.48 bits per heavy atom. The number of benzene rings is 1. The molecule has 1 fully saturated rings. The Morgan fingerprint density at radius 2 is 2.24 bits per heavy atom. The first-order chi connectivity index (χ1) is 9.99. The van der Waals surface area contributed by atoms with Gasteiger partial charge in [0.15, 0.2) is 0 Å². The van der Waals surface area contributed by atoms with Crippen LogP contribution in [0.4, 0.5) is 5.69 Å². The fraction of sp³-hybridized carbons (Fsp3) is 0.500. The van der Waals surface area contributed by atoms with E-state index in [1.807, 2.05) is 0 Å². The van der Waals surface area contributed by atoms with Gasteiger partial charge in [-0.05, 0) is 25.3 Å². The normalized spacial score (nSPS) is 22.0. The van der Waals surface area contributed by atoms with Crippen LogP contribution in [0.1, 0.15) is 31.2 Å². The van der Waals surface area contributed by atoms with Crippen LogP contribution in [0, 0.1) is 16.0 Å². The van der Waals surface area contributed by atoms with Gasteiger partial charge in [-0.15, -0.1) is 0 Å². The maximum absolute atomic E-state index is 11.0. The molecule has 21 heavy (non-hydrogen) atoms. The van der Waals surface area contributed by atoms with Crippen LogP contribution >= 0.6 is 11.6 Å². The SMILES string of the molecule is O=C(O)C1CCCC(NCc2c(Cl)cccc2[N+](=O)[O-])C1. The smallest absolute Gasteiger partial charge is 0.306 e. The second-order valence-corrected chi connectivity index (χ2v) is 5.68. The molecule has 0 saturated heterocycles. The summed E-state index contributed by atoms with van der Waals surface area (Å²) in [6.07, 6.45) is 2.97. The highest BCUT2D eigenvalue weighted by atomic mass is 35.5. The lowest BCUT2D eigenvalue weighted by Gasteiger charge is -2.27. The first-order valence-electron chi connectivity index (χ1n) is 6.87. The molecule has 2 atom stereocenters. The fourth-order valence-electron chi connectivity index (χ4n) is 2.74. The highest BCUT2D eigenvalue weighted by molar-refractivity contribution is 6.31. The number of nitrogens with one attached hydrogen (secondary N) is 1. The number of aliphatic carboxylic acids is 1. The number of halogens is 1. The van der Waals surface area contributed by atoms with Gasteiger partial charge in [0.05, 0.1) is 21.4 Å². The van der Waals surface area contributed by atoms with Crippen LogP contribution in [0.5, 0.6) is 0 Å². The van der Waals surface area contributed by atoms with Crippen LogP contribution < -0.4 is 5.32 Å². The standard InChI is InChI=1S/C14H17ClN2O4/c15-12-5-2-6-13(17(20)21)11(12)8-16-10-4-1-3-9(7-10)14(18)19/h2,5-6,9-10,16H,1,3-4,7-8H2,(H,18,19). The molecule has 2 rings (SSSR count). The summed E-state index contributed by atoms with van der Waals surface area (Å²) in [5, 5.41) is 23.6. The topological polar surface area (TPSA) is 92.5 Å². The summed E-state index contributed by atoms with van der Waals surface area (Å²) in [6, 6.07) is 4.64. The maximum atomic E-state index is 11.0. The van der Waals surface area contributed by atoms with Crippen molar-refractivity contribution in [2.24, 2.45) is 5.92 Å². The van der Waals surface area contributed by atoms with E-state index in [1.165, 1.54) is 6.07 Å². The molecular weight excluding hydrogens is 296 g/mol. The van der Waals surface area contributed by atoms with E-state index < -0.39 is 10.9 Å². The van der Waals surface area contributed by atoms with E-state index in [0.717, 1.165) is 12.8 Å². The predicted octanol–water partition coefficient (Wildman–Crippen LogP) is 2.98. The maximum Gasteiger partial charge on any atom is 0.306 e. The van der Waals surface area contributed by atoms with Crippen molar-refractivity contribution in [3.8, 4) is 0 Å². The third-order valence-corrected chi connectivity index (χ3v) is 4.24. The van der Waals surface area contributed by atoms with Gasteiger partial charge >= 0.3 is 5.97 Å². The van der Waals surface area contributed by atoms with Crippen LogP contribution in [-0.4, -0.2) is 22.0 Å². The van der Waals surface area contributed by atoms with Crippen LogP contribution in [0.25, 0.3) is 0 Å². The van der Waals surface area contributed by atoms with Gasteiger partial charge in [0.1, 0.15) is 0 Å². The molecule has 1 aliphatic carbocycles. The molecule has 114 valence electrons. The zero-order chi connectivity index (χ0) is 15.4. The Hall–Kier alpha value is -1.66. The zero-order valence-corrected chi connectivity index (χ0v) is 12.2. The van der Waals surface area contributed by atoms with E-state index in [4.69, 9.17) is 16.7 Å². The van der Waals surface area contributed by atoms with E-state index in [2.05, 4.69) is 5.32 Å². The lowest BCUT2D eigenvalue weighted by atomic mass is 9.85. The lowest BCUT2D eigenvalue weighted by Crippen LogP contribution is -2.36. The molecule has 1 saturated carbocycles. The summed E-state index contributed by atoms with van der Waals surface area (Å²) in [5.41, 5.74) is 0.433. The molecular formula is C14H17ClN2O4. The van der Waals surface area contributed by atoms with Gasteiger partial charge in [-0.3, -0.25) is 14.9 Å². The second-order valence-electron chi connectivity index (χ2n) is 5.27. The Bertz CT molecular complexity index is 550. The number of carbonyl (C=O) groups is 1. The van der Waals surface area contributed by atoms with Gasteiger partial charge in [0.25, 0.3) is 5.69 Å². The highest BCUT2D eigenvalue weighted by Crippen LogP contribution is 2.28. The number of nitro benzene ring substituents is 1. The number of nitrogens with zero attached hydrogens (tertiary/aromatic N) is 1. The monoisotopic (exact) mass is 312 g/mol. The van der Waals surface area contributed by atoms with Crippen molar-refractivity contribution in [2.45, 2.75) is 38.3 Å². The Morgan fingerprint density at radius 3 is 2.90 bits per heavy atom. The van der Waals surface area contributed by atoms with Gasteiger partial charge in [-0.2, -0.15) is 0 Å². The van der Waals surface area contributed by atoms with Gasteiger partial charge in [-0.1, -0.05) is 24.1 Å². The summed E-state index contributed by atoms with van der Waals surface area (Å²) in [5.74, 6) is -1.11. The minimum absolute atomic E-state index is 0.0133. The van der Waals surface area contributed by atoms with E-state index in [0.29, 0.717) is 23.4 Å². The number of carboxylic acids is 1.